The Morgan fingerprint density at radius 2 is 1.89 bits per heavy atom. The third-order valence-electron chi connectivity index (χ3n) is 4.82. The molecule has 1 aliphatic carbocycles. The second-order valence-electron chi connectivity index (χ2n) is 6.93. The zero-order valence-electron chi connectivity index (χ0n) is 15.3. The molecule has 0 unspecified atom stereocenters. The third-order valence-corrected chi connectivity index (χ3v) is 5.47. The predicted octanol–water partition coefficient (Wildman–Crippen LogP) is 5.93. The van der Waals surface area contributed by atoms with Gasteiger partial charge in [0.05, 0.1) is 11.4 Å². The molecule has 5 nitrogen and oxygen atoms in total. The van der Waals surface area contributed by atoms with E-state index in [2.05, 4.69) is 36.5 Å². The maximum Gasteiger partial charge on any atom is 0.225 e. The maximum atomic E-state index is 13.4. The van der Waals surface area contributed by atoms with Crippen LogP contribution in [0.25, 0.3) is 11.3 Å². The molecule has 0 aliphatic heterocycles. The molecule has 1 fully saturated rings. The first kappa shape index (κ1) is 18.8. The molecule has 0 saturated heterocycles. The van der Waals surface area contributed by atoms with Crippen molar-refractivity contribution in [1.29, 1.82) is 0 Å². The Bertz CT molecular complexity index is 945. The summed E-state index contributed by atoms with van der Waals surface area (Å²) in [6, 6.07) is 10.6. The molecule has 1 saturated carbocycles. The van der Waals surface area contributed by atoms with Gasteiger partial charge in [-0.15, -0.1) is 0 Å². The second kappa shape index (κ2) is 8.65. The number of benzene rings is 1. The van der Waals surface area contributed by atoms with Crippen molar-refractivity contribution < 1.29 is 4.39 Å². The van der Waals surface area contributed by atoms with Gasteiger partial charge in [-0.25, -0.2) is 9.37 Å². The smallest absolute Gasteiger partial charge is 0.225 e. The van der Waals surface area contributed by atoms with Crippen LogP contribution in [-0.2, 0) is 0 Å². The summed E-state index contributed by atoms with van der Waals surface area (Å²) in [4.78, 5) is 13.5. The molecule has 28 heavy (non-hydrogen) atoms. The van der Waals surface area contributed by atoms with Crippen LogP contribution in [0.4, 0.5) is 21.8 Å². The molecule has 0 spiro atoms. The van der Waals surface area contributed by atoms with E-state index in [-0.39, 0.29) is 5.82 Å². The summed E-state index contributed by atoms with van der Waals surface area (Å²) in [7, 11) is 0. The van der Waals surface area contributed by atoms with Gasteiger partial charge in [0, 0.05) is 34.5 Å². The Balaban J connectivity index is 1.66. The molecular formula is C21H21BrFN5. The Kier molecular flexibility index (Phi) is 5.81. The molecule has 0 bridgehead atoms. The zero-order valence-corrected chi connectivity index (χ0v) is 16.9. The summed E-state index contributed by atoms with van der Waals surface area (Å²) in [5.74, 6) is 0.935. The topological polar surface area (TPSA) is 62.7 Å². The van der Waals surface area contributed by atoms with Crippen molar-refractivity contribution in [2.45, 2.75) is 38.1 Å². The largest absolute Gasteiger partial charge is 0.351 e. The van der Waals surface area contributed by atoms with Crippen molar-refractivity contribution in [3.05, 3.63) is 59.1 Å². The molecule has 0 amide bonds. The summed E-state index contributed by atoms with van der Waals surface area (Å²) in [6.07, 6.45) is 9.53. The van der Waals surface area contributed by atoms with E-state index >= 15 is 0 Å². The molecular weight excluding hydrogens is 421 g/mol. The molecule has 144 valence electrons. The lowest BCUT2D eigenvalue weighted by Gasteiger charge is -2.23. The Hall–Kier alpha value is -2.54. The minimum Gasteiger partial charge on any atom is -0.351 e. The quantitative estimate of drug-likeness (QED) is 0.513. The molecule has 0 radical (unpaired) electrons. The van der Waals surface area contributed by atoms with Gasteiger partial charge in [0.15, 0.2) is 0 Å². The van der Waals surface area contributed by atoms with Crippen molar-refractivity contribution in [3.63, 3.8) is 0 Å². The first-order valence-electron chi connectivity index (χ1n) is 9.45. The lowest BCUT2D eigenvalue weighted by Crippen LogP contribution is -2.23. The van der Waals surface area contributed by atoms with Gasteiger partial charge >= 0.3 is 0 Å². The second-order valence-corrected chi connectivity index (χ2v) is 7.79. The van der Waals surface area contributed by atoms with Gasteiger partial charge in [-0.2, -0.15) is 4.98 Å². The Morgan fingerprint density at radius 3 is 2.64 bits per heavy atom. The number of halogens is 2. The Morgan fingerprint density at radius 1 is 1.04 bits per heavy atom. The highest BCUT2D eigenvalue weighted by molar-refractivity contribution is 9.10. The van der Waals surface area contributed by atoms with Crippen LogP contribution in [0.15, 0.2) is 53.3 Å². The number of rotatable bonds is 5. The highest BCUT2D eigenvalue weighted by atomic mass is 79.9. The van der Waals surface area contributed by atoms with E-state index in [1.807, 2.05) is 18.2 Å². The maximum absolute atomic E-state index is 13.4. The minimum absolute atomic E-state index is 0.296. The van der Waals surface area contributed by atoms with Gasteiger partial charge in [-0.3, -0.25) is 4.98 Å². The molecule has 4 rings (SSSR count). The lowest BCUT2D eigenvalue weighted by atomic mass is 9.96. The molecule has 3 aromatic rings. The average Bonchev–Trinajstić information content (AvgIpc) is 2.71. The van der Waals surface area contributed by atoms with Crippen molar-refractivity contribution >= 4 is 33.4 Å². The molecule has 1 aromatic carbocycles. The minimum atomic E-state index is -0.296. The van der Waals surface area contributed by atoms with Crippen molar-refractivity contribution in [3.8, 4) is 11.3 Å². The van der Waals surface area contributed by atoms with Gasteiger partial charge in [0.25, 0.3) is 0 Å². The van der Waals surface area contributed by atoms with Crippen LogP contribution in [0.1, 0.15) is 32.1 Å². The van der Waals surface area contributed by atoms with Crippen LogP contribution in [0.2, 0.25) is 0 Å². The van der Waals surface area contributed by atoms with E-state index in [0.29, 0.717) is 22.3 Å². The number of anilines is 3. The van der Waals surface area contributed by atoms with Crippen LogP contribution in [0.3, 0.4) is 0 Å². The fraction of sp³-hybridized carbons (Fsp3) is 0.286. The highest BCUT2D eigenvalue weighted by Crippen LogP contribution is 2.29. The summed E-state index contributed by atoms with van der Waals surface area (Å²) in [5, 5.41) is 6.75. The number of hydrogen-bond donors (Lipinski definition) is 2. The molecule has 2 heterocycles. The van der Waals surface area contributed by atoms with Gasteiger partial charge in [-0.05, 0) is 59.1 Å². The van der Waals surface area contributed by atoms with E-state index in [0.717, 1.165) is 29.8 Å². The lowest BCUT2D eigenvalue weighted by molar-refractivity contribution is 0.461. The first-order valence-corrected chi connectivity index (χ1v) is 10.2. The normalized spacial score (nSPS) is 14.6. The van der Waals surface area contributed by atoms with Crippen molar-refractivity contribution in [2.24, 2.45) is 0 Å². The van der Waals surface area contributed by atoms with Crippen molar-refractivity contribution in [2.75, 3.05) is 10.6 Å². The summed E-state index contributed by atoms with van der Waals surface area (Å²) in [6.45, 7) is 0. The SMILES string of the molecule is Fc1ccc(Nc2cc(-c3cccnc3)nc(NC3CCCCC3)n2)c(Br)c1. The number of nitrogens with one attached hydrogen (secondary N) is 2. The standard InChI is InChI=1S/C21H21BrFN5/c22-17-11-15(23)8-9-18(17)26-20-12-19(14-5-4-10-24-13-14)27-21(28-20)25-16-6-2-1-3-7-16/h4-5,8-13,16H,1-3,6-7H2,(H2,25,26,27,28). The van der Waals surface area contributed by atoms with Crippen LogP contribution in [-0.4, -0.2) is 21.0 Å². The monoisotopic (exact) mass is 441 g/mol. The number of hydrogen-bond acceptors (Lipinski definition) is 5. The zero-order chi connectivity index (χ0) is 19.3. The van der Waals surface area contributed by atoms with Gasteiger partial charge in [-0.1, -0.05) is 19.3 Å². The highest BCUT2D eigenvalue weighted by Gasteiger charge is 2.16. The summed E-state index contributed by atoms with van der Waals surface area (Å²) in [5.41, 5.74) is 2.43. The third kappa shape index (κ3) is 4.65. The van der Waals surface area contributed by atoms with E-state index in [1.54, 1.807) is 18.5 Å². The average molecular weight is 442 g/mol. The van der Waals surface area contributed by atoms with E-state index < -0.39 is 0 Å². The molecule has 0 atom stereocenters. The fourth-order valence-corrected chi connectivity index (χ4v) is 3.85. The molecule has 1 aliphatic rings. The van der Waals surface area contributed by atoms with Crippen molar-refractivity contribution in [1.82, 2.24) is 15.0 Å². The molecule has 2 N–H and O–H groups in total. The van der Waals surface area contributed by atoms with E-state index in [9.17, 15) is 4.39 Å². The number of pyridine rings is 1. The fourth-order valence-electron chi connectivity index (χ4n) is 3.40. The van der Waals surface area contributed by atoms with Crippen LogP contribution in [0.5, 0.6) is 0 Å². The van der Waals surface area contributed by atoms with Gasteiger partial charge in [0.1, 0.15) is 11.6 Å². The van der Waals surface area contributed by atoms with Crippen LogP contribution in [0, 0.1) is 5.82 Å². The first-order chi connectivity index (χ1) is 13.7. The molecule has 2 aromatic heterocycles. The number of nitrogens with zero attached hydrogens (tertiary/aromatic N) is 3. The van der Waals surface area contributed by atoms with Gasteiger partial charge in [0.2, 0.25) is 5.95 Å². The number of aromatic nitrogens is 3. The summed E-state index contributed by atoms with van der Waals surface area (Å²) >= 11 is 3.39. The predicted molar refractivity (Wildman–Crippen MR) is 113 cm³/mol. The molecule has 7 heteroatoms. The summed E-state index contributed by atoms with van der Waals surface area (Å²) < 4.78 is 14.0. The van der Waals surface area contributed by atoms with Crippen LogP contribution >= 0.6 is 15.9 Å². The van der Waals surface area contributed by atoms with E-state index in [4.69, 9.17) is 4.98 Å². The van der Waals surface area contributed by atoms with Gasteiger partial charge < -0.3 is 10.6 Å². The van der Waals surface area contributed by atoms with Crippen LogP contribution < -0.4 is 10.6 Å². The van der Waals surface area contributed by atoms with E-state index in [1.165, 1.54) is 31.4 Å². The Labute approximate surface area is 172 Å².